The molecule has 2 aromatic heterocycles. The predicted octanol–water partition coefficient (Wildman–Crippen LogP) is 2.39. The summed E-state index contributed by atoms with van der Waals surface area (Å²) in [4.78, 5) is 18.9. The van der Waals surface area contributed by atoms with Crippen molar-refractivity contribution in [1.82, 2.24) is 20.5 Å². The molecule has 4 atom stereocenters. The van der Waals surface area contributed by atoms with Gasteiger partial charge in [-0.05, 0) is 49.7 Å². The molecule has 2 aliphatic carbocycles. The van der Waals surface area contributed by atoms with E-state index in [1.54, 1.807) is 31.6 Å². The van der Waals surface area contributed by atoms with Gasteiger partial charge in [-0.15, -0.1) is 5.10 Å². The largest absolute Gasteiger partial charge is 0.408 e. The zero-order valence-electron chi connectivity index (χ0n) is 16.7. The van der Waals surface area contributed by atoms with E-state index >= 15 is 0 Å². The van der Waals surface area contributed by atoms with Gasteiger partial charge in [0.05, 0.1) is 17.7 Å². The van der Waals surface area contributed by atoms with Crippen LogP contribution in [0.15, 0.2) is 28.9 Å². The Kier molecular flexibility index (Phi) is 4.95. The highest BCUT2D eigenvalue weighted by atomic mass is 16.5. The zero-order valence-corrected chi connectivity index (χ0v) is 16.7. The van der Waals surface area contributed by atoms with Crippen LogP contribution in [-0.4, -0.2) is 53.4 Å². The molecule has 29 heavy (non-hydrogen) atoms. The third-order valence-corrected chi connectivity index (χ3v) is 6.81. The van der Waals surface area contributed by atoms with Crippen molar-refractivity contribution < 1.29 is 13.9 Å². The summed E-state index contributed by atoms with van der Waals surface area (Å²) in [5.41, 5.74) is 0.576. The van der Waals surface area contributed by atoms with Crippen LogP contribution < -0.4 is 10.2 Å². The number of aromatic nitrogens is 3. The van der Waals surface area contributed by atoms with Crippen molar-refractivity contribution >= 4 is 11.9 Å². The first-order valence-corrected chi connectivity index (χ1v) is 10.5. The second kappa shape index (κ2) is 7.74. The van der Waals surface area contributed by atoms with Crippen LogP contribution in [0.1, 0.15) is 54.3 Å². The lowest BCUT2D eigenvalue weighted by Gasteiger charge is -2.37. The molecular weight excluding hydrogens is 370 g/mol. The molecule has 1 aliphatic heterocycles. The Hall–Kier alpha value is -2.48. The second-order valence-electron chi connectivity index (χ2n) is 8.54. The van der Waals surface area contributed by atoms with E-state index in [0.717, 1.165) is 44.7 Å². The van der Waals surface area contributed by atoms with Crippen molar-refractivity contribution in [3.05, 3.63) is 36.0 Å². The minimum absolute atomic E-state index is 0.00467. The molecule has 0 aromatic carbocycles. The highest BCUT2D eigenvalue weighted by Gasteiger charge is 2.44. The maximum absolute atomic E-state index is 12.6. The molecule has 1 N–H and O–H groups in total. The Morgan fingerprint density at radius 1 is 1.24 bits per heavy atom. The summed E-state index contributed by atoms with van der Waals surface area (Å²) < 4.78 is 11.7. The van der Waals surface area contributed by atoms with E-state index in [1.807, 2.05) is 0 Å². The smallest absolute Gasteiger partial charge is 0.318 e. The van der Waals surface area contributed by atoms with E-state index in [4.69, 9.17) is 9.15 Å². The van der Waals surface area contributed by atoms with E-state index in [2.05, 4.69) is 25.4 Å². The minimum Gasteiger partial charge on any atom is -0.408 e. The lowest BCUT2D eigenvalue weighted by Crippen LogP contribution is -2.50. The fourth-order valence-corrected chi connectivity index (χ4v) is 4.91. The van der Waals surface area contributed by atoms with E-state index in [-0.39, 0.29) is 18.1 Å². The Morgan fingerprint density at radius 2 is 2.07 bits per heavy atom. The maximum Gasteiger partial charge on any atom is 0.318 e. The minimum atomic E-state index is -0.0968. The Morgan fingerprint density at radius 3 is 2.76 bits per heavy atom. The number of hydrogen-bond acceptors (Lipinski definition) is 7. The van der Waals surface area contributed by atoms with Gasteiger partial charge < -0.3 is 19.4 Å². The van der Waals surface area contributed by atoms with Crippen molar-refractivity contribution in [1.29, 1.82) is 0 Å². The number of carbonyl (C=O) groups excluding carboxylic acids is 1. The van der Waals surface area contributed by atoms with E-state index in [0.29, 0.717) is 29.3 Å². The fraction of sp³-hybridized carbons (Fsp3) is 0.619. The molecule has 2 saturated carbocycles. The highest BCUT2D eigenvalue weighted by molar-refractivity contribution is 5.94. The first-order chi connectivity index (χ1) is 14.2. The predicted molar refractivity (Wildman–Crippen MR) is 106 cm³/mol. The van der Waals surface area contributed by atoms with Gasteiger partial charge in [-0.25, -0.2) is 0 Å². The summed E-state index contributed by atoms with van der Waals surface area (Å²) in [6.07, 6.45) is 8.62. The van der Waals surface area contributed by atoms with Crippen molar-refractivity contribution in [2.24, 2.45) is 11.8 Å². The number of hydrogen-bond donors (Lipinski definition) is 1. The van der Waals surface area contributed by atoms with Gasteiger partial charge in [-0.2, -0.15) is 0 Å². The fourth-order valence-electron chi connectivity index (χ4n) is 4.91. The molecule has 3 heterocycles. The summed E-state index contributed by atoms with van der Waals surface area (Å²) in [7, 11) is 1.73. The lowest BCUT2D eigenvalue weighted by atomic mass is 9.77. The first-order valence-electron chi connectivity index (χ1n) is 10.5. The number of pyridine rings is 1. The molecule has 1 saturated heterocycles. The van der Waals surface area contributed by atoms with Crippen LogP contribution in [0.5, 0.6) is 0 Å². The molecule has 8 nitrogen and oxygen atoms in total. The van der Waals surface area contributed by atoms with Crippen LogP contribution in [0.3, 0.4) is 0 Å². The second-order valence-corrected chi connectivity index (χ2v) is 8.54. The van der Waals surface area contributed by atoms with Gasteiger partial charge in [0, 0.05) is 38.5 Å². The molecule has 1 amide bonds. The number of rotatable bonds is 5. The third kappa shape index (κ3) is 3.61. The molecule has 3 fully saturated rings. The molecule has 154 valence electrons. The molecule has 8 heteroatoms. The van der Waals surface area contributed by atoms with Crippen molar-refractivity contribution in [3.63, 3.8) is 0 Å². The summed E-state index contributed by atoms with van der Waals surface area (Å²) in [5.74, 6) is 2.12. The standard InChI is InChI=1S/C21H27N5O3/c1-28-18-9-16-12-26(21-25-24-20(29-21)13-4-2-5-13)11-15(16)8-17(18)23-19(27)14-6-3-7-22-10-14/h3,6-7,10,13,15-18H,2,4-5,8-9,11-12H2,1H3,(H,23,27)/t15-,16+,17-,18-/m0/s1. The normalized spacial score (nSPS) is 29.3. The molecule has 5 rings (SSSR count). The van der Waals surface area contributed by atoms with E-state index < -0.39 is 0 Å². The van der Waals surface area contributed by atoms with Gasteiger partial charge in [-0.1, -0.05) is 11.5 Å². The first kappa shape index (κ1) is 18.5. The van der Waals surface area contributed by atoms with Crippen LogP contribution in [0.4, 0.5) is 6.01 Å². The van der Waals surface area contributed by atoms with E-state index in [9.17, 15) is 4.79 Å². The third-order valence-electron chi connectivity index (χ3n) is 6.81. The molecule has 0 radical (unpaired) electrons. The number of anilines is 1. The number of fused-ring (bicyclic) bond motifs is 1. The van der Waals surface area contributed by atoms with Gasteiger partial charge in [0.1, 0.15) is 0 Å². The number of nitrogens with zero attached hydrogens (tertiary/aromatic N) is 4. The summed E-state index contributed by atoms with van der Waals surface area (Å²) in [6, 6.07) is 4.19. The van der Waals surface area contributed by atoms with Gasteiger partial charge in [-0.3, -0.25) is 9.78 Å². The number of amides is 1. The Labute approximate surface area is 170 Å². The van der Waals surface area contributed by atoms with E-state index in [1.165, 1.54) is 6.42 Å². The number of carbonyl (C=O) groups is 1. The Balaban J connectivity index is 1.25. The summed E-state index contributed by atoms with van der Waals surface area (Å²) >= 11 is 0. The molecule has 2 aromatic rings. The zero-order chi connectivity index (χ0) is 19.8. The topological polar surface area (TPSA) is 93.4 Å². The van der Waals surface area contributed by atoms with Crippen LogP contribution in [-0.2, 0) is 4.74 Å². The van der Waals surface area contributed by atoms with Crippen molar-refractivity contribution in [2.45, 2.75) is 50.2 Å². The van der Waals surface area contributed by atoms with Gasteiger partial charge >= 0.3 is 6.01 Å². The van der Waals surface area contributed by atoms with Crippen molar-refractivity contribution in [3.8, 4) is 0 Å². The summed E-state index contributed by atoms with van der Waals surface area (Å²) in [6.45, 7) is 1.78. The van der Waals surface area contributed by atoms with Gasteiger partial charge in [0.25, 0.3) is 5.91 Å². The lowest BCUT2D eigenvalue weighted by molar-refractivity contribution is 0.0125. The van der Waals surface area contributed by atoms with Crippen molar-refractivity contribution in [2.75, 3.05) is 25.1 Å². The quantitative estimate of drug-likeness (QED) is 0.828. The van der Waals surface area contributed by atoms with Crippen LogP contribution >= 0.6 is 0 Å². The monoisotopic (exact) mass is 397 g/mol. The molecule has 0 spiro atoms. The van der Waals surface area contributed by atoms with Crippen LogP contribution in [0.25, 0.3) is 0 Å². The van der Waals surface area contributed by atoms with Crippen LogP contribution in [0.2, 0.25) is 0 Å². The van der Waals surface area contributed by atoms with Crippen LogP contribution in [0, 0.1) is 11.8 Å². The average molecular weight is 397 g/mol. The highest BCUT2D eigenvalue weighted by Crippen LogP contribution is 2.40. The number of nitrogens with one attached hydrogen (secondary N) is 1. The number of ether oxygens (including phenoxy) is 1. The molecule has 0 bridgehead atoms. The molecule has 0 unspecified atom stereocenters. The Bertz CT molecular complexity index is 853. The SMILES string of the molecule is CO[C@H]1C[C@@H]2CN(c3nnc(C4CCC4)o3)C[C@@H]2C[C@@H]1NC(=O)c1cccnc1. The maximum atomic E-state index is 12.6. The molecule has 3 aliphatic rings. The van der Waals surface area contributed by atoms with Gasteiger partial charge in [0.2, 0.25) is 5.89 Å². The molecular formula is C21H27N5O3. The van der Waals surface area contributed by atoms with Gasteiger partial charge in [0.15, 0.2) is 0 Å². The average Bonchev–Trinajstić information content (AvgIpc) is 3.33. The summed E-state index contributed by atoms with van der Waals surface area (Å²) in [5, 5.41) is 11.7. The number of methoxy groups -OCH3 is 1.